The third-order valence-electron chi connectivity index (χ3n) is 8.25. The molecule has 7 rings (SSSR count). The number of fused-ring (bicyclic) bond motifs is 3. The number of ether oxygens (including phenoxy) is 5. The zero-order valence-corrected chi connectivity index (χ0v) is 25.8. The molecule has 2 aliphatic rings. The third-order valence-corrected chi connectivity index (χ3v) is 8.25. The van der Waals surface area contributed by atoms with Gasteiger partial charge < -0.3 is 33.9 Å². The molecule has 0 unspecified atom stereocenters. The van der Waals surface area contributed by atoms with Gasteiger partial charge in [-0.3, -0.25) is 14.7 Å². The van der Waals surface area contributed by atoms with Gasteiger partial charge >= 0.3 is 6.29 Å². The number of methoxy groups -OCH3 is 1. The minimum absolute atomic E-state index is 0.0743. The number of benzene rings is 4. The molecule has 12 heteroatoms. The zero-order chi connectivity index (χ0) is 32.5. The molecule has 1 aromatic heterocycles. The van der Waals surface area contributed by atoms with Gasteiger partial charge in [0.25, 0.3) is 5.91 Å². The van der Waals surface area contributed by atoms with E-state index >= 15 is 0 Å². The highest BCUT2D eigenvalue weighted by atomic mass is 19.3. The maximum atomic E-state index is 13.6. The van der Waals surface area contributed by atoms with E-state index < -0.39 is 12.2 Å². The van der Waals surface area contributed by atoms with E-state index in [1.54, 1.807) is 43.6 Å². The number of alkyl halides is 2. The summed E-state index contributed by atoms with van der Waals surface area (Å²) in [6.07, 6.45) is -2.13. The summed E-state index contributed by atoms with van der Waals surface area (Å²) >= 11 is 0. The maximum absolute atomic E-state index is 13.6. The molecule has 0 bridgehead atoms. The van der Waals surface area contributed by atoms with Crippen molar-refractivity contribution in [3.63, 3.8) is 0 Å². The Hall–Kier alpha value is -5.20. The second kappa shape index (κ2) is 12.5. The number of carbonyl (C=O) groups is 1. The van der Waals surface area contributed by atoms with Crippen LogP contribution in [0.4, 0.5) is 14.5 Å². The summed E-state index contributed by atoms with van der Waals surface area (Å²) in [5, 5.41) is 4.80. The van der Waals surface area contributed by atoms with Gasteiger partial charge in [0.1, 0.15) is 18.1 Å². The monoisotopic (exact) mass is 642 g/mol. The lowest BCUT2D eigenvalue weighted by Crippen LogP contribution is -2.45. The summed E-state index contributed by atoms with van der Waals surface area (Å²) in [6, 6.07) is 20.4. The van der Waals surface area contributed by atoms with Gasteiger partial charge in [0.05, 0.1) is 18.3 Å². The molecule has 5 aromatic rings. The summed E-state index contributed by atoms with van der Waals surface area (Å²) in [5.74, 6) is 1.43. The highest BCUT2D eigenvalue weighted by Gasteiger charge is 2.44. The number of pyridine rings is 1. The van der Waals surface area contributed by atoms with E-state index in [1.807, 2.05) is 24.3 Å². The number of nitrogens with zero attached hydrogens (tertiary/aromatic N) is 3. The van der Waals surface area contributed by atoms with Gasteiger partial charge in [-0.25, -0.2) is 0 Å². The van der Waals surface area contributed by atoms with Gasteiger partial charge in [0.2, 0.25) is 0 Å². The number of hydrogen-bond acceptors (Lipinski definition) is 9. The molecule has 242 valence electrons. The van der Waals surface area contributed by atoms with E-state index in [9.17, 15) is 13.6 Å². The lowest BCUT2D eigenvalue weighted by atomic mass is 10.0. The fourth-order valence-corrected chi connectivity index (χ4v) is 5.75. The van der Waals surface area contributed by atoms with Crippen LogP contribution in [0.3, 0.4) is 0 Å². The summed E-state index contributed by atoms with van der Waals surface area (Å²) in [5.41, 5.74) is 1.11. The van der Waals surface area contributed by atoms with E-state index in [-0.39, 0.29) is 17.2 Å². The highest BCUT2D eigenvalue weighted by molar-refractivity contribution is 6.13. The molecule has 4 aromatic carbocycles. The van der Waals surface area contributed by atoms with Gasteiger partial charge in [-0.15, -0.1) is 8.78 Å². The van der Waals surface area contributed by atoms with Crippen molar-refractivity contribution in [3.8, 4) is 34.5 Å². The molecule has 0 spiro atoms. The number of piperazine rings is 1. The first-order chi connectivity index (χ1) is 22.8. The Bertz CT molecular complexity index is 1960. The molecule has 1 amide bonds. The SMILES string of the molecule is COc1cc2c(Oc3ccc4c(C(=O)Nc5cccc6c5OC(F)(F)O6)cccc4c3)ccnc2cc1OCCN1CCN(C)CC1. The summed E-state index contributed by atoms with van der Waals surface area (Å²) in [4.78, 5) is 22.5. The Morgan fingerprint density at radius 3 is 2.60 bits per heavy atom. The Balaban J connectivity index is 1.09. The largest absolute Gasteiger partial charge is 0.586 e. The van der Waals surface area contributed by atoms with Crippen molar-refractivity contribution >= 4 is 33.3 Å². The van der Waals surface area contributed by atoms with Gasteiger partial charge in [0, 0.05) is 55.9 Å². The van der Waals surface area contributed by atoms with Crippen LogP contribution in [0.1, 0.15) is 10.4 Å². The van der Waals surface area contributed by atoms with Crippen molar-refractivity contribution in [1.82, 2.24) is 14.8 Å². The number of carbonyl (C=O) groups excluding carboxylic acids is 1. The normalized spacial score (nSPS) is 15.9. The average Bonchev–Trinajstić information content (AvgIpc) is 3.40. The Labute approximate surface area is 269 Å². The molecule has 0 aliphatic carbocycles. The number of para-hydroxylation sites is 1. The minimum Gasteiger partial charge on any atom is -0.493 e. The smallest absolute Gasteiger partial charge is 0.493 e. The van der Waals surface area contributed by atoms with Crippen molar-refractivity contribution in [3.05, 3.63) is 84.6 Å². The van der Waals surface area contributed by atoms with Crippen LogP contribution >= 0.6 is 0 Å². The molecule has 0 saturated carbocycles. The van der Waals surface area contributed by atoms with Crippen LogP contribution in [0.25, 0.3) is 21.7 Å². The van der Waals surface area contributed by atoms with Gasteiger partial charge in [-0.1, -0.05) is 18.2 Å². The molecule has 3 heterocycles. The maximum Gasteiger partial charge on any atom is 0.586 e. The molecule has 1 N–H and O–H groups in total. The van der Waals surface area contributed by atoms with Crippen LogP contribution in [0.2, 0.25) is 0 Å². The number of hydrogen-bond donors (Lipinski definition) is 1. The number of amides is 1. The van der Waals surface area contributed by atoms with E-state index in [0.29, 0.717) is 46.1 Å². The van der Waals surface area contributed by atoms with Crippen LogP contribution in [0, 0.1) is 0 Å². The first-order valence-corrected chi connectivity index (χ1v) is 15.2. The third kappa shape index (κ3) is 6.42. The first-order valence-electron chi connectivity index (χ1n) is 15.2. The Morgan fingerprint density at radius 2 is 1.77 bits per heavy atom. The second-order valence-electron chi connectivity index (χ2n) is 11.4. The standard InChI is InChI=1S/C35H32F2N4O6/c1-40-13-15-41(16-14-40)17-18-44-32-21-28-26(20-31(32)43-2)29(11-12-38-28)45-23-9-10-24-22(19-23)5-3-6-25(24)34(42)39-27-7-4-8-30-33(27)47-35(36,37)46-30/h3-12,19-21H,13-18H2,1-2H3,(H,39,42). The van der Waals surface area contributed by atoms with E-state index in [0.717, 1.165) is 43.5 Å². The van der Waals surface area contributed by atoms with Crippen molar-refractivity contribution in [1.29, 1.82) is 0 Å². The predicted octanol–water partition coefficient (Wildman–Crippen LogP) is 6.39. The summed E-state index contributed by atoms with van der Waals surface area (Å²) in [7, 11) is 3.74. The molecule has 0 radical (unpaired) electrons. The highest BCUT2D eigenvalue weighted by Crippen LogP contribution is 2.46. The quantitative estimate of drug-likeness (QED) is 0.196. The van der Waals surface area contributed by atoms with Crippen molar-refractivity contribution in [2.75, 3.05) is 58.8 Å². The molecule has 1 fully saturated rings. The van der Waals surface area contributed by atoms with Gasteiger partial charge in [-0.2, -0.15) is 0 Å². The Kier molecular flexibility index (Phi) is 8.12. The van der Waals surface area contributed by atoms with Crippen LogP contribution in [0.15, 0.2) is 79.0 Å². The summed E-state index contributed by atoms with van der Waals surface area (Å²) in [6.45, 7) is 5.49. The van der Waals surface area contributed by atoms with Crippen LogP contribution in [-0.2, 0) is 0 Å². The van der Waals surface area contributed by atoms with E-state index in [4.69, 9.17) is 14.2 Å². The van der Waals surface area contributed by atoms with Crippen molar-refractivity contribution in [2.24, 2.45) is 0 Å². The first kappa shape index (κ1) is 30.5. The van der Waals surface area contributed by atoms with Crippen molar-refractivity contribution in [2.45, 2.75) is 6.29 Å². The molecule has 0 atom stereocenters. The minimum atomic E-state index is -3.80. The van der Waals surface area contributed by atoms with E-state index in [1.165, 1.54) is 18.2 Å². The lowest BCUT2D eigenvalue weighted by Gasteiger charge is -2.32. The number of aromatic nitrogens is 1. The van der Waals surface area contributed by atoms with Crippen molar-refractivity contribution < 1.29 is 37.3 Å². The molecular formula is C35H32F2N4O6. The van der Waals surface area contributed by atoms with Crippen LogP contribution in [-0.4, -0.2) is 80.5 Å². The molecule has 10 nitrogen and oxygen atoms in total. The predicted molar refractivity (Wildman–Crippen MR) is 172 cm³/mol. The van der Waals surface area contributed by atoms with Crippen LogP contribution < -0.4 is 29.0 Å². The second-order valence-corrected chi connectivity index (χ2v) is 11.4. The number of likely N-dealkylation sites (N-methyl/N-ethyl adjacent to an activating group) is 1. The summed E-state index contributed by atoms with van der Waals surface area (Å²) < 4.78 is 54.5. The Morgan fingerprint density at radius 1 is 0.936 bits per heavy atom. The van der Waals surface area contributed by atoms with Crippen LogP contribution in [0.5, 0.6) is 34.5 Å². The zero-order valence-electron chi connectivity index (χ0n) is 25.8. The fraction of sp³-hybridized carbons (Fsp3) is 0.257. The topological polar surface area (TPSA) is 94.6 Å². The molecule has 2 aliphatic heterocycles. The molecule has 1 saturated heterocycles. The number of rotatable bonds is 9. The number of halogens is 2. The number of nitrogens with one attached hydrogen (secondary N) is 1. The fourth-order valence-electron chi connectivity index (χ4n) is 5.75. The van der Waals surface area contributed by atoms with Gasteiger partial charge in [0.15, 0.2) is 23.0 Å². The van der Waals surface area contributed by atoms with E-state index in [2.05, 4.69) is 36.6 Å². The van der Waals surface area contributed by atoms with Gasteiger partial charge in [-0.05, 0) is 66.4 Å². The molecule has 47 heavy (non-hydrogen) atoms. The molecular weight excluding hydrogens is 610 g/mol. The lowest BCUT2D eigenvalue weighted by molar-refractivity contribution is -0.286. The number of anilines is 1. The average molecular weight is 643 g/mol.